The van der Waals surface area contributed by atoms with Crippen LogP contribution in [-0.2, 0) is 0 Å². The molecule has 4 nitrogen and oxygen atoms in total. The van der Waals surface area contributed by atoms with Gasteiger partial charge in [0.25, 0.3) is 0 Å². The number of imidazole rings is 1. The third-order valence-electron chi connectivity index (χ3n) is 4.49. The topological polar surface area (TPSA) is 34.0 Å². The van der Waals surface area contributed by atoms with Crippen LogP contribution in [0.2, 0.25) is 0 Å². The molecule has 1 fully saturated rings. The van der Waals surface area contributed by atoms with Crippen LogP contribution in [0, 0.1) is 0 Å². The van der Waals surface area contributed by atoms with Crippen LogP contribution < -0.4 is 0 Å². The van der Waals surface area contributed by atoms with Crippen molar-refractivity contribution in [2.75, 3.05) is 13.1 Å². The number of fused-ring (bicyclic) bond motifs is 1. The summed E-state index contributed by atoms with van der Waals surface area (Å²) in [6, 6.07) is 8.68. The van der Waals surface area contributed by atoms with Gasteiger partial charge in [-0.2, -0.15) is 0 Å². The number of pyridine rings is 1. The van der Waals surface area contributed by atoms with Crippen molar-refractivity contribution < 1.29 is 0 Å². The Hall–Kier alpha value is -1.72. The molecule has 0 radical (unpaired) electrons. The summed E-state index contributed by atoms with van der Waals surface area (Å²) in [5.41, 5.74) is 1.97. The van der Waals surface area contributed by atoms with Gasteiger partial charge in [-0.25, -0.2) is 9.97 Å². The average Bonchev–Trinajstić information content (AvgIpc) is 3.21. The number of piperidine rings is 1. The third kappa shape index (κ3) is 2.25. The van der Waals surface area contributed by atoms with E-state index in [2.05, 4.69) is 45.0 Å². The van der Waals surface area contributed by atoms with Gasteiger partial charge in [0.05, 0.1) is 6.04 Å². The van der Waals surface area contributed by atoms with Gasteiger partial charge in [0.15, 0.2) is 5.65 Å². The fourth-order valence-electron chi connectivity index (χ4n) is 3.43. The predicted molar refractivity (Wildman–Crippen MR) is 90.6 cm³/mol. The molecule has 0 bridgehead atoms. The van der Waals surface area contributed by atoms with E-state index in [1.54, 1.807) is 11.3 Å². The Balaban J connectivity index is 1.91. The Kier molecular flexibility index (Phi) is 3.68. The minimum absolute atomic E-state index is 0.398. The summed E-state index contributed by atoms with van der Waals surface area (Å²) in [4.78, 5) is 12.1. The van der Waals surface area contributed by atoms with Gasteiger partial charge in [-0.15, -0.1) is 11.3 Å². The molecule has 4 rings (SSSR count). The molecule has 1 aliphatic rings. The quantitative estimate of drug-likeness (QED) is 0.732. The number of likely N-dealkylation sites (tertiary alicyclic amines) is 1. The molecule has 0 saturated carbocycles. The SMILES string of the molecule is CCN1CCCCC1c1nc2cccnc2n1-c1cccs1. The van der Waals surface area contributed by atoms with Crippen LogP contribution in [0.3, 0.4) is 0 Å². The maximum atomic E-state index is 4.96. The number of aromatic nitrogens is 3. The van der Waals surface area contributed by atoms with Crippen LogP contribution >= 0.6 is 11.3 Å². The van der Waals surface area contributed by atoms with Gasteiger partial charge in [0, 0.05) is 6.20 Å². The Bertz CT molecular complexity index is 762. The van der Waals surface area contributed by atoms with Crippen molar-refractivity contribution in [3.63, 3.8) is 0 Å². The van der Waals surface area contributed by atoms with Gasteiger partial charge >= 0.3 is 0 Å². The molecular weight excluding hydrogens is 292 g/mol. The Morgan fingerprint density at radius 3 is 3.05 bits per heavy atom. The first-order chi connectivity index (χ1) is 10.9. The third-order valence-corrected chi connectivity index (χ3v) is 5.34. The minimum atomic E-state index is 0.398. The highest BCUT2D eigenvalue weighted by Gasteiger charge is 2.28. The van der Waals surface area contributed by atoms with E-state index in [0.29, 0.717) is 6.04 Å². The summed E-state index contributed by atoms with van der Waals surface area (Å²) in [5.74, 6) is 1.15. The maximum absolute atomic E-state index is 4.96. The fourth-order valence-corrected chi connectivity index (χ4v) is 4.17. The van der Waals surface area contributed by atoms with E-state index in [9.17, 15) is 0 Å². The first kappa shape index (κ1) is 13.9. The second-order valence-electron chi connectivity index (χ2n) is 5.74. The second-order valence-corrected chi connectivity index (χ2v) is 6.67. The lowest BCUT2D eigenvalue weighted by Gasteiger charge is -2.34. The first-order valence-electron chi connectivity index (χ1n) is 8.00. The number of thiophene rings is 1. The molecule has 5 heteroatoms. The van der Waals surface area contributed by atoms with Crippen LogP contribution in [-0.4, -0.2) is 32.5 Å². The van der Waals surface area contributed by atoms with Crippen LogP contribution in [0.4, 0.5) is 0 Å². The smallest absolute Gasteiger partial charge is 0.165 e. The highest BCUT2D eigenvalue weighted by Crippen LogP contribution is 2.34. The summed E-state index contributed by atoms with van der Waals surface area (Å²) < 4.78 is 2.26. The van der Waals surface area contributed by atoms with E-state index in [-0.39, 0.29) is 0 Å². The molecule has 1 atom stereocenters. The summed E-state index contributed by atoms with van der Waals surface area (Å²) in [5, 5.41) is 3.32. The van der Waals surface area contributed by atoms with Gasteiger partial charge in [0.2, 0.25) is 0 Å². The minimum Gasteiger partial charge on any atom is -0.294 e. The van der Waals surface area contributed by atoms with E-state index in [1.165, 1.54) is 30.8 Å². The van der Waals surface area contributed by atoms with Crippen molar-refractivity contribution in [1.29, 1.82) is 0 Å². The van der Waals surface area contributed by atoms with E-state index >= 15 is 0 Å². The zero-order chi connectivity index (χ0) is 14.9. The number of hydrogen-bond donors (Lipinski definition) is 0. The second kappa shape index (κ2) is 5.82. The fraction of sp³-hybridized carbons (Fsp3) is 0.412. The molecule has 0 amide bonds. The molecule has 114 valence electrons. The standard InChI is InChI=1S/C17H20N4S/c1-2-20-11-4-3-8-14(20)17-19-13-7-5-10-18-16(13)21(17)15-9-6-12-22-15/h5-7,9-10,12,14H,2-4,8,11H2,1H3. The summed E-state index contributed by atoms with van der Waals surface area (Å²) in [6.07, 6.45) is 5.61. The van der Waals surface area contributed by atoms with Crippen molar-refractivity contribution in [2.24, 2.45) is 0 Å². The molecule has 0 N–H and O–H groups in total. The van der Waals surface area contributed by atoms with Crippen LogP contribution in [0.5, 0.6) is 0 Å². The highest BCUT2D eigenvalue weighted by atomic mass is 32.1. The zero-order valence-corrected chi connectivity index (χ0v) is 13.6. The molecular formula is C17H20N4S. The molecule has 3 aromatic rings. The van der Waals surface area contributed by atoms with E-state index < -0.39 is 0 Å². The summed E-state index contributed by atoms with van der Waals surface area (Å²) >= 11 is 1.75. The van der Waals surface area contributed by atoms with Gasteiger partial charge in [-0.3, -0.25) is 9.47 Å². The predicted octanol–water partition coefficient (Wildman–Crippen LogP) is 4.03. The number of nitrogens with zero attached hydrogens (tertiary/aromatic N) is 4. The first-order valence-corrected chi connectivity index (χ1v) is 8.87. The molecule has 3 aromatic heterocycles. The Labute approximate surface area is 134 Å². The van der Waals surface area contributed by atoms with Crippen LogP contribution in [0.25, 0.3) is 16.2 Å². The van der Waals surface area contributed by atoms with Crippen molar-refractivity contribution in [1.82, 2.24) is 19.4 Å². The lowest BCUT2D eigenvalue weighted by Crippen LogP contribution is -2.34. The van der Waals surface area contributed by atoms with Gasteiger partial charge < -0.3 is 0 Å². The molecule has 0 spiro atoms. The molecule has 0 aromatic carbocycles. The average molecular weight is 312 g/mol. The molecule has 4 heterocycles. The van der Waals surface area contributed by atoms with Crippen molar-refractivity contribution in [3.05, 3.63) is 41.7 Å². The number of hydrogen-bond acceptors (Lipinski definition) is 4. The van der Waals surface area contributed by atoms with E-state index in [4.69, 9.17) is 4.98 Å². The van der Waals surface area contributed by atoms with E-state index in [0.717, 1.165) is 23.5 Å². The lowest BCUT2D eigenvalue weighted by molar-refractivity contribution is 0.149. The Morgan fingerprint density at radius 2 is 2.23 bits per heavy atom. The normalized spacial score (nSPS) is 19.8. The lowest BCUT2D eigenvalue weighted by atomic mass is 10.0. The van der Waals surface area contributed by atoms with Gasteiger partial charge in [-0.05, 0) is 55.6 Å². The van der Waals surface area contributed by atoms with E-state index in [1.807, 2.05) is 12.3 Å². The molecule has 1 saturated heterocycles. The van der Waals surface area contributed by atoms with Crippen molar-refractivity contribution >= 4 is 22.5 Å². The Morgan fingerprint density at radius 1 is 1.27 bits per heavy atom. The highest BCUT2D eigenvalue weighted by molar-refractivity contribution is 7.12. The maximum Gasteiger partial charge on any atom is 0.165 e. The molecule has 1 aliphatic heterocycles. The number of rotatable bonds is 3. The van der Waals surface area contributed by atoms with Gasteiger partial charge in [0.1, 0.15) is 16.3 Å². The monoisotopic (exact) mass is 312 g/mol. The summed E-state index contributed by atoms with van der Waals surface area (Å²) in [7, 11) is 0. The van der Waals surface area contributed by atoms with Crippen molar-refractivity contribution in [3.8, 4) is 5.00 Å². The molecule has 22 heavy (non-hydrogen) atoms. The molecule has 0 aliphatic carbocycles. The van der Waals surface area contributed by atoms with Gasteiger partial charge in [-0.1, -0.05) is 13.3 Å². The van der Waals surface area contributed by atoms with Crippen LogP contribution in [0.1, 0.15) is 38.1 Å². The summed E-state index contributed by atoms with van der Waals surface area (Å²) in [6.45, 7) is 4.49. The zero-order valence-electron chi connectivity index (χ0n) is 12.8. The van der Waals surface area contributed by atoms with Crippen LogP contribution in [0.15, 0.2) is 35.8 Å². The molecule has 1 unspecified atom stereocenters. The largest absolute Gasteiger partial charge is 0.294 e. The van der Waals surface area contributed by atoms with Crippen molar-refractivity contribution in [2.45, 2.75) is 32.2 Å².